The van der Waals surface area contributed by atoms with Crippen LogP contribution in [0, 0.1) is 11.7 Å². The van der Waals surface area contributed by atoms with Gasteiger partial charge in [-0.25, -0.2) is 17.5 Å². The van der Waals surface area contributed by atoms with Crippen molar-refractivity contribution in [1.82, 2.24) is 4.72 Å². The minimum absolute atomic E-state index is 0.0875. The van der Waals surface area contributed by atoms with E-state index >= 15 is 0 Å². The molecule has 0 aliphatic carbocycles. The fourth-order valence-electron chi connectivity index (χ4n) is 0.973. The molecular formula is C10H14FNO2S. The summed E-state index contributed by atoms with van der Waals surface area (Å²) in [5.74, 6) is -0.210. The average Bonchev–Trinajstić information content (AvgIpc) is 2.16. The molecule has 0 aromatic heterocycles. The molecule has 0 saturated carbocycles. The number of rotatable bonds is 4. The van der Waals surface area contributed by atoms with Crippen LogP contribution in [0.1, 0.15) is 13.8 Å². The molecule has 0 unspecified atom stereocenters. The normalized spacial score (nSPS) is 12.0. The zero-order chi connectivity index (χ0) is 11.5. The van der Waals surface area contributed by atoms with Gasteiger partial charge >= 0.3 is 0 Å². The lowest BCUT2D eigenvalue weighted by molar-refractivity contribution is 0.559. The van der Waals surface area contributed by atoms with Crippen molar-refractivity contribution in [1.29, 1.82) is 0 Å². The Morgan fingerprint density at radius 3 is 2.27 bits per heavy atom. The van der Waals surface area contributed by atoms with E-state index in [-0.39, 0.29) is 10.8 Å². The quantitative estimate of drug-likeness (QED) is 0.858. The van der Waals surface area contributed by atoms with Crippen LogP contribution in [0.15, 0.2) is 29.2 Å². The van der Waals surface area contributed by atoms with Crippen LogP contribution in [0.4, 0.5) is 4.39 Å². The molecule has 5 heteroatoms. The first-order valence-electron chi connectivity index (χ1n) is 4.67. The van der Waals surface area contributed by atoms with Gasteiger partial charge in [0.2, 0.25) is 10.0 Å². The third-order valence-electron chi connectivity index (χ3n) is 1.81. The van der Waals surface area contributed by atoms with Crippen molar-refractivity contribution in [2.24, 2.45) is 5.92 Å². The first kappa shape index (κ1) is 12.1. The molecule has 1 rings (SSSR count). The van der Waals surface area contributed by atoms with E-state index in [2.05, 4.69) is 4.72 Å². The Kier molecular flexibility index (Phi) is 3.82. The summed E-state index contributed by atoms with van der Waals surface area (Å²) in [5.41, 5.74) is 0. The summed E-state index contributed by atoms with van der Waals surface area (Å²) >= 11 is 0. The molecule has 0 heterocycles. The molecule has 0 aliphatic rings. The molecule has 1 aromatic rings. The Labute approximate surface area is 89.4 Å². The first-order valence-corrected chi connectivity index (χ1v) is 6.15. The molecule has 0 radical (unpaired) electrons. The summed E-state index contributed by atoms with van der Waals surface area (Å²) in [6.07, 6.45) is 0. The SMILES string of the molecule is CC(C)CNS(=O)(=O)c1ccc(F)cc1. The first-order chi connectivity index (χ1) is 6.92. The van der Waals surface area contributed by atoms with Gasteiger partial charge in [0, 0.05) is 6.54 Å². The van der Waals surface area contributed by atoms with Crippen LogP contribution in [-0.4, -0.2) is 15.0 Å². The molecule has 84 valence electrons. The van der Waals surface area contributed by atoms with Crippen molar-refractivity contribution in [2.45, 2.75) is 18.7 Å². The summed E-state index contributed by atoms with van der Waals surface area (Å²) < 4.78 is 38.2. The predicted octanol–water partition coefficient (Wildman–Crippen LogP) is 1.76. The molecular weight excluding hydrogens is 217 g/mol. The van der Waals surface area contributed by atoms with Crippen LogP contribution in [0.3, 0.4) is 0 Å². The molecule has 0 atom stereocenters. The lowest BCUT2D eigenvalue weighted by Gasteiger charge is -2.08. The number of sulfonamides is 1. The second-order valence-electron chi connectivity index (χ2n) is 3.70. The van der Waals surface area contributed by atoms with E-state index < -0.39 is 15.8 Å². The molecule has 1 aromatic carbocycles. The van der Waals surface area contributed by atoms with Crippen LogP contribution < -0.4 is 4.72 Å². The molecule has 0 bridgehead atoms. The third-order valence-corrected chi connectivity index (χ3v) is 3.25. The van der Waals surface area contributed by atoms with Gasteiger partial charge in [0.1, 0.15) is 5.82 Å². The van der Waals surface area contributed by atoms with Crippen molar-refractivity contribution < 1.29 is 12.8 Å². The highest BCUT2D eigenvalue weighted by atomic mass is 32.2. The largest absolute Gasteiger partial charge is 0.240 e. The van der Waals surface area contributed by atoms with Crippen molar-refractivity contribution in [2.75, 3.05) is 6.54 Å². The van der Waals surface area contributed by atoms with Crippen molar-refractivity contribution >= 4 is 10.0 Å². The second-order valence-corrected chi connectivity index (χ2v) is 5.47. The van der Waals surface area contributed by atoms with Crippen LogP contribution >= 0.6 is 0 Å². The number of halogens is 1. The number of nitrogens with one attached hydrogen (secondary N) is 1. The minimum atomic E-state index is -3.49. The predicted molar refractivity (Wildman–Crippen MR) is 56.4 cm³/mol. The van der Waals surface area contributed by atoms with Gasteiger partial charge < -0.3 is 0 Å². The Balaban J connectivity index is 2.82. The fraction of sp³-hybridized carbons (Fsp3) is 0.400. The number of hydrogen-bond acceptors (Lipinski definition) is 2. The highest BCUT2D eigenvalue weighted by Gasteiger charge is 2.13. The van der Waals surface area contributed by atoms with Gasteiger partial charge in [0.25, 0.3) is 0 Å². The van der Waals surface area contributed by atoms with E-state index in [9.17, 15) is 12.8 Å². The van der Waals surface area contributed by atoms with Gasteiger partial charge in [-0.2, -0.15) is 0 Å². The second kappa shape index (κ2) is 4.72. The third kappa shape index (κ3) is 3.60. The van der Waals surface area contributed by atoms with Crippen molar-refractivity contribution in [3.63, 3.8) is 0 Å². The summed E-state index contributed by atoms with van der Waals surface area (Å²) in [5, 5.41) is 0. The summed E-state index contributed by atoms with van der Waals surface area (Å²) in [7, 11) is -3.49. The van der Waals surface area contributed by atoms with Gasteiger partial charge in [-0.3, -0.25) is 0 Å². The molecule has 1 N–H and O–H groups in total. The maximum Gasteiger partial charge on any atom is 0.240 e. The summed E-state index contributed by atoms with van der Waals surface area (Å²) in [4.78, 5) is 0.0875. The van der Waals surface area contributed by atoms with Crippen LogP contribution in [0.2, 0.25) is 0 Å². The van der Waals surface area contributed by atoms with Gasteiger partial charge in [-0.1, -0.05) is 13.8 Å². The maximum atomic E-state index is 12.6. The maximum absolute atomic E-state index is 12.6. The lowest BCUT2D eigenvalue weighted by Crippen LogP contribution is -2.27. The highest BCUT2D eigenvalue weighted by Crippen LogP contribution is 2.09. The van der Waals surface area contributed by atoms with Gasteiger partial charge in [-0.15, -0.1) is 0 Å². The average molecular weight is 231 g/mol. The van der Waals surface area contributed by atoms with E-state index in [1.54, 1.807) is 0 Å². The van der Waals surface area contributed by atoms with Crippen LogP contribution in [0.25, 0.3) is 0 Å². The lowest BCUT2D eigenvalue weighted by atomic mass is 10.2. The smallest absolute Gasteiger partial charge is 0.211 e. The Morgan fingerprint density at radius 2 is 1.80 bits per heavy atom. The van der Waals surface area contributed by atoms with E-state index in [4.69, 9.17) is 0 Å². The Hall–Kier alpha value is -0.940. The van der Waals surface area contributed by atoms with Gasteiger partial charge in [0.05, 0.1) is 4.90 Å². The number of benzene rings is 1. The molecule has 0 aliphatic heterocycles. The van der Waals surface area contributed by atoms with Crippen molar-refractivity contribution in [3.05, 3.63) is 30.1 Å². The van der Waals surface area contributed by atoms with E-state index in [0.717, 1.165) is 12.1 Å². The minimum Gasteiger partial charge on any atom is -0.211 e. The monoisotopic (exact) mass is 231 g/mol. The summed E-state index contributed by atoms with van der Waals surface area (Å²) in [6, 6.07) is 4.75. The Bertz CT molecular complexity index is 412. The zero-order valence-corrected chi connectivity index (χ0v) is 9.51. The van der Waals surface area contributed by atoms with Crippen LogP contribution in [-0.2, 0) is 10.0 Å². The fourth-order valence-corrected chi connectivity index (χ4v) is 2.19. The van der Waals surface area contributed by atoms with E-state index in [1.165, 1.54) is 12.1 Å². The topological polar surface area (TPSA) is 46.2 Å². The molecule has 0 amide bonds. The number of hydrogen-bond donors (Lipinski definition) is 1. The zero-order valence-electron chi connectivity index (χ0n) is 8.70. The molecule has 0 fully saturated rings. The summed E-state index contributed by atoms with van der Waals surface area (Å²) in [6.45, 7) is 4.19. The molecule has 0 spiro atoms. The van der Waals surface area contributed by atoms with Crippen molar-refractivity contribution in [3.8, 4) is 0 Å². The highest BCUT2D eigenvalue weighted by molar-refractivity contribution is 7.89. The van der Waals surface area contributed by atoms with E-state index in [0.29, 0.717) is 6.54 Å². The van der Waals surface area contributed by atoms with Crippen LogP contribution in [0.5, 0.6) is 0 Å². The molecule has 0 saturated heterocycles. The van der Waals surface area contributed by atoms with E-state index in [1.807, 2.05) is 13.8 Å². The molecule has 15 heavy (non-hydrogen) atoms. The Morgan fingerprint density at radius 1 is 1.27 bits per heavy atom. The molecule has 3 nitrogen and oxygen atoms in total. The van der Waals surface area contributed by atoms with Gasteiger partial charge in [0.15, 0.2) is 0 Å². The van der Waals surface area contributed by atoms with Gasteiger partial charge in [-0.05, 0) is 30.2 Å². The standard InChI is InChI=1S/C10H14FNO2S/c1-8(2)7-12-15(13,14)10-5-3-9(11)4-6-10/h3-6,8,12H,7H2,1-2H3.